The third-order valence-electron chi connectivity index (χ3n) is 3.53. The second-order valence-electron chi connectivity index (χ2n) is 4.95. The van der Waals surface area contributed by atoms with Gasteiger partial charge in [0.1, 0.15) is 0 Å². The van der Waals surface area contributed by atoms with E-state index in [0.717, 1.165) is 19.6 Å². The van der Waals surface area contributed by atoms with Crippen LogP contribution in [0.25, 0.3) is 0 Å². The average Bonchev–Trinajstić information content (AvgIpc) is 2.92. The maximum atomic E-state index is 12.4. The summed E-state index contributed by atoms with van der Waals surface area (Å²) < 4.78 is 26.2. The number of likely N-dealkylation sites (N-methyl/N-ethyl adjacent to an activating group) is 1. The molecular weight excluding hydrogens is 319 g/mol. The summed E-state index contributed by atoms with van der Waals surface area (Å²) in [6, 6.07) is 4.38. The van der Waals surface area contributed by atoms with Crippen LogP contribution in [0.15, 0.2) is 23.1 Å². The molecule has 112 valence electrons. The summed E-state index contributed by atoms with van der Waals surface area (Å²) in [6.07, 6.45) is 2.40. The van der Waals surface area contributed by atoms with Crippen LogP contribution in [-0.4, -0.2) is 50.8 Å². The van der Waals surface area contributed by atoms with Gasteiger partial charge in [0.25, 0.3) is 0 Å². The van der Waals surface area contributed by atoms with Crippen molar-refractivity contribution in [3.8, 4) is 0 Å². The summed E-state index contributed by atoms with van der Waals surface area (Å²) in [5.74, 6) is 0. The zero-order valence-electron chi connectivity index (χ0n) is 11.3. The summed E-state index contributed by atoms with van der Waals surface area (Å²) in [4.78, 5) is 2.46. The maximum absolute atomic E-state index is 12.4. The molecule has 1 aliphatic heterocycles. The SMILES string of the molecule is CN(CCN1CCCC1)S(=O)(=O)c1ccc(Cl)c(Cl)c1. The minimum Gasteiger partial charge on any atom is -0.302 e. The fraction of sp³-hybridized carbons (Fsp3) is 0.538. The molecule has 4 nitrogen and oxygen atoms in total. The van der Waals surface area contributed by atoms with Crippen LogP contribution in [0.1, 0.15) is 12.8 Å². The van der Waals surface area contributed by atoms with E-state index in [9.17, 15) is 8.42 Å². The molecule has 0 atom stereocenters. The number of hydrogen-bond acceptors (Lipinski definition) is 3. The zero-order valence-corrected chi connectivity index (χ0v) is 13.7. The largest absolute Gasteiger partial charge is 0.302 e. The summed E-state index contributed by atoms with van der Waals surface area (Å²) in [7, 11) is -1.92. The zero-order chi connectivity index (χ0) is 14.8. The molecule has 1 fully saturated rings. The summed E-state index contributed by atoms with van der Waals surface area (Å²) in [6.45, 7) is 3.35. The van der Waals surface area contributed by atoms with Crippen molar-refractivity contribution in [2.24, 2.45) is 0 Å². The number of hydrogen-bond donors (Lipinski definition) is 0. The number of nitrogens with zero attached hydrogens (tertiary/aromatic N) is 2. The minimum absolute atomic E-state index is 0.177. The molecule has 0 N–H and O–H groups in total. The Morgan fingerprint density at radius 3 is 2.45 bits per heavy atom. The van der Waals surface area contributed by atoms with Crippen LogP contribution in [0, 0.1) is 0 Å². The molecule has 1 heterocycles. The molecule has 7 heteroatoms. The lowest BCUT2D eigenvalue weighted by molar-refractivity contribution is 0.310. The van der Waals surface area contributed by atoms with Gasteiger partial charge in [0.05, 0.1) is 14.9 Å². The Morgan fingerprint density at radius 1 is 1.20 bits per heavy atom. The van der Waals surface area contributed by atoms with Gasteiger partial charge in [0, 0.05) is 20.1 Å². The summed E-state index contributed by atoms with van der Waals surface area (Å²) >= 11 is 11.7. The molecule has 1 aliphatic rings. The van der Waals surface area contributed by atoms with E-state index in [1.165, 1.54) is 35.3 Å². The predicted molar refractivity (Wildman–Crippen MR) is 82.0 cm³/mol. The predicted octanol–water partition coefficient (Wildman–Crippen LogP) is 2.71. The van der Waals surface area contributed by atoms with Gasteiger partial charge >= 0.3 is 0 Å². The van der Waals surface area contributed by atoms with E-state index in [1.807, 2.05) is 0 Å². The molecule has 2 rings (SSSR count). The smallest absolute Gasteiger partial charge is 0.242 e. The third kappa shape index (κ3) is 3.65. The highest BCUT2D eigenvalue weighted by atomic mass is 35.5. The highest BCUT2D eigenvalue weighted by molar-refractivity contribution is 7.89. The van der Waals surface area contributed by atoms with Crippen molar-refractivity contribution >= 4 is 33.2 Å². The van der Waals surface area contributed by atoms with Crippen LogP contribution in [0.5, 0.6) is 0 Å². The van der Waals surface area contributed by atoms with Crippen molar-refractivity contribution in [1.29, 1.82) is 0 Å². The molecule has 0 bridgehead atoms. The highest BCUT2D eigenvalue weighted by Crippen LogP contribution is 2.26. The van der Waals surface area contributed by atoms with Gasteiger partial charge < -0.3 is 4.90 Å². The molecule has 0 spiro atoms. The fourth-order valence-electron chi connectivity index (χ4n) is 2.23. The number of halogens is 2. The standard InChI is InChI=1S/C13H18Cl2N2O2S/c1-16(8-9-17-6-2-3-7-17)20(18,19)11-4-5-12(14)13(15)10-11/h4-5,10H,2-3,6-9H2,1H3. The second-order valence-corrected chi connectivity index (χ2v) is 7.81. The van der Waals surface area contributed by atoms with Crippen molar-refractivity contribution in [1.82, 2.24) is 9.21 Å². The van der Waals surface area contributed by atoms with E-state index in [-0.39, 0.29) is 9.92 Å². The Bertz CT molecular complexity index is 572. The Kier molecular flexibility index (Phi) is 5.31. The fourth-order valence-corrected chi connectivity index (χ4v) is 3.78. The molecule has 20 heavy (non-hydrogen) atoms. The minimum atomic E-state index is -3.51. The maximum Gasteiger partial charge on any atom is 0.242 e. The first kappa shape index (κ1) is 16.0. The van der Waals surface area contributed by atoms with E-state index in [4.69, 9.17) is 23.2 Å². The summed E-state index contributed by atoms with van der Waals surface area (Å²) in [5, 5.41) is 0.603. The Morgan fingerprint density at radius 2 is 1.85 bits per heavy atom. The van der Waals surface area contributed by atoms with Crippen molar-refractivity contribution < 1.29 is 8.42 Å². The quantitative estimate of drug-likeness (QED) is 0.830. The third-order valence-corrected chi connectivity index (χ3v) is 6.12. The molecule has 1 aromatic rings. The normalized spacial score (nSPS) is 17.0. The van der Waals surface area contributed by atoms with Crippen molar-refractivity contribution in [2.75, 3.05) is 33.2 Å². The van der Waals surface area contributed by atoms with Crippen LogP contribution in [-0.2, 0) is 10.0 Å². The first-order valence-corrected chi connectivity index (χ1v) is 8.74. The van der Waals surface area contributed by atoms with Gasteiger partial charge in [-0.25, -0.2) is 8.42 Å². The van der Waals surface area contributed by atoms with Crippen molar-refractivity contribution in [3.63, 3.8) is 0 Å². The molecule has 0 radical (unpaired) electrons. The van der Waals surface area contributed by atoms with Gasteiger partial charge in [0.15, 0.2) is 0 Å². The van der Waals surface area contributed by atoms with Gasteiger partial charge in [-0.2, -0.15) is 4.31 Å². The summed E-state index contributed by atoms with van der Waals surface area (Å²) in [5.41, 5.74) is 0. The molecule has 0 unspecified atom stereocenters. The molecule has 0 saturated carbocycles. The number of rotatable bonds is 5. The van der Waals surface area contributed by atoms with Crippen LogP contribution in [0.4, 0.5) is 0 Å². The average molecular weight is 337 g/mol. The molecule has 0 amide bonds. The van der Waals surface area contributed by atoms with E-state index < -0.39 is 10.0 Å². The van der Waals surface area contributed by atoms with E-state index in [2.05, 4.69) is 4.90 Å². The topological polar surface area (TPSA) is 40.6 Å². The van der Waals surface area contributed by atoms with Crippen molar-refractivity contribution in [2.45, 2.75) is 17.7 Å². The lowest BCUT2D eigenvalue weighted by Gasteiger charge is -2.21. The highest BCUT2D eigenvalue weighted by Gasteiger charge is 2.22. The van der Waals surface area contributed by atoms with Crippen LogP contribution in [0.2, 0.25) is 10.0 Å². The molecule has 1 aromatic carbocycles. The van der Waals surface area contributed by atoms with Gasteiger partial charge in [-0.3, -0.25) is 0 Å². The lowest BCUT2D eigenvalue weighted by atomic mass is 10.4. The van der Waals surface area contributed by atoms with E-state index in [0.29, 0.717) is 11.6 Å². The van der Waals surface area contributed by atoms with Crippen LogP contribution >= 0.6 is 23.2 Å². The number of likely N-dealkylation sites (tertiary alicyclic amines) is 1. The van der Waals surface area contributed by atoms with Crippen LogP contribution in [0.3, 0.4) is 0 Å². The molecule has 1 saturated heterocycles. The van der Waals surface area contributed by atoms with Crippen molar-refractivity contribution in [3.05, 3.63) is 28.2 Å². The van der Waals surface area contributed by atoms with Gasteiger partial charge in [-0.05, 0) is 44.1 Å². The molecule has 0 aromatic heterocycles. The number of benzene rings is 1. The Labute approximate surface area is 130 Å². The van der Waals surface area contributed by atoms with Gasteiger partial charge in [-0.1, -0.05) is 23.2 Å². The second kappa shape index (κ2) is 6.62. The lowest BCUT2D eigenvalue weighted by Crippen LogP contribution is -2.35. The Balaban J connectivity index is 2.06. The Hall–Kier alpha value is -0.330. The van der Waals surface area contributed by atoms with Gasteiger partial charge in [-0.15, -0.1) is 0 Å². The number of sulfonamides is 1. The molecule has 0 aliphatic carbocycles. The van der Waals surface area contributed by atoms with E-state index >= 15 is 0 Å². The first-order valence-electron chi connectivity index (χ1n) is 6.55. The first-order chi connectivity index (χ1) is 9.41. The monoisotopic (exact) mass is 336 g/mol. The van der Waals surface area contributed by atoms with Gasteiger partial charge in [0.2, 0.25) is 10.0 Å². The molecular formula is C13H18Cl2N2O2S. The van der Waals surface area contributed by atoms with Crippen LogP contribution < -0.4 is 0 Å². The van der Waals surface area contributed by atoms with E-state index in [1.54, 1.807) is 7.05 Å².